The van der Waals surface area contributed by atoms with Gasteiger partial charge in [0.25, 0.3) is 0 Å². The molecule has 0 spiro atoms. The van der Waals surface area contributed by atoms with Crippen LogP contribution in [0, 0.1) is 0 Å². The second-order valence-electron chi connectivity index (χ2n) is 4.76. The molecule has 2 unspecified atom stereocenters. The topological polar surface area (TPSA) is 0 Å². The van der Waals surface area contributed by atoms with Gasteiger partial charge >= 0.3 is 42.0 Å². The second kappa shape index (κ2) is 6.76. The van der Waals surface area contributed by atoms with Crippen LogP contribution >= 0.6 is 23.2 Å². The summed E-state index contributed by atoms with van der Waals surface area (Å²) in [6.07, 6.45) is -13.7. The van der Waals surface area contributed by atoms with Gasteiger partial charge < -0.3 is 0 Å². The van der Waals surface area contributed by atoms with Crippen LogP contribution in [-0.2, 0) is 0 Å². The molecule has 164 valence electrons. The lowest BCUT2D eigenvalue weighted by Crippen LogP contribution is -2.72. The SMILES string of the molecule is FC(F)(F)C(Cl)C(Cl)C(F)(F)C(F)(F)C(F)(F)C(F)(F)C(F)(F)C(F)(F)F. The molecular weight excluding hydrogens is 483 g/mol. The Bertz CT molecular complexity index is 531. The van der Waals surface area contributed by atoms with E-state index in [2.05, 4.69) is 23.2 Å². The Morgan fingerprint density at radius 2 is 0.704 bits per heavy atom. The molecule has 0 aliphatic carbocycles. The molecule has 0 aliphatic heterocycles. The zero-order valence-corrected chi connectivity index (χ0v) is 13.0. The highest BCUT2D eigenvalue weighted by Crippen LogP contribution is 2.61. The maximum absolute atomic E-state index is 13.3. The van der Waals surface area contributed by atoms with Crippen molar-refractivity contribution < 1.29 is 70.2 Å². The summed E-state index contributed by atoms with van der Waals surface area (Å²) < 4.78 is 202. The van der Waals surface area contributed by atoms with Gasteiger partial charge in [-0.05, 0) is 0 Å². The predicted molar refractivity (Wildman–Crippen MR) is 56.1 cm³/mol. The Labute approximate surface area is 147 Å². The van der Waals surface area contributed by atoms with E-state index in [1.807, 2.05) is 0 Å². The Balaban J connectivity index is 6.39. The van der Waals surface area contributed by atoms with Crippen LogP contribution in [-0.4, -0.2) is 52.7 Å². The first kappa shape index (κ1) is 26.5. The summed E-state index contributed by atoms with van der Waals surface area (Å²) in [5.74, 6) is -39.5. The van der Waals surface area contributed by atoms with Gasteiger partial charge in [-0.3, -0.25) is 0 Å². The fourth-order valence-corrected chi connectivity index (χ4v) is 1.74. The Morgan fingerprint density at radius 3 is 0.963 bits per heavy atom. The van der Waals surface area contributed by atoms with Crippen molar-refractivity contribution in [3.05, 3.63) is 0 Å². The third-order valence-electron chi connectivity index (χ3n) is 2.87. The van der Waals surface area contributed by atoms with Crippen molar-refractivity contribution in [3.8, 4) is 0 Å². The average Bonchev–Trinajstić information content (AvgIpc) is 2.42. The van der Waals surface area contributed by atoms with E-state index < -0.39 is 52.7 Å². The van der Waals surface area contributed by atoms with Crippen LogP contribution in [0.15, 0.2) is 0 Å². The summed E-state index contributed by atoms with van der Waals surface area (Å²) in [6.45, 7) is 0. The molecule has 0 radical (unpaired) electrons. The minimum absolute atomic E-state index is 4.18. The van der Waals surface area contributed by atoms with E-state index in [0.29, 0.717) is 0 Å². The van der Waals surface area contributed by atoms with E-state index in [1.54, 1.807) is 0 Å². The normalized spacial score (nSPS) is 18.4. The predicted octanol–water partition coefficient (Wildman–Crippen LogP) is 6.50. The van der Waals surface area contributed by atoms with Crippen molar-refractivity contribution in [1.29, 1.82) is 0 Å². The molecule has 0 rings (SSSR count). The van der Waals surface area contributed by atoms with E-state index in [4.69, 9.17) is 0 Å². The quantitative estimate of drug-likeness (QED) is 0.298. The molecule has 0 fully saturated rings. The molecule has 0 nitrogen and oxygen atoms in total. The maximum atomic E-state index is 13.3. The zero-order chi connectivity index (χ0) is 22.7. The molecule has 0 saturated carbocycles. The van der Waals surface area contributed by atoms with Gasteiger partial charge in [0.1, 0.15) is 5.38 Å². The van der Waals surface area contributed by atoms with E-state index in [9.17, 15) is 70.2 Å². The molecule has 0 aliphatic rings. The summed E-state index contributed by atoms with van der Waals surface area (Å²) in [7, 11) is 0. The van der Waals surface area contributed by atoms with Crippen molar-refractivity contribution in [2.24, 2.45) is 0 Å². The largest absolute Gasteiger partial charge is 0.460 e. The van der Waals surface area contributed by atoms with E-state index >= 15 is 0 Å². The van der Waals surface area contributed by atoms with Crippen LogP contribution in [0.25, 0.3) is 0 Å². The van der Waals surface area contributed by atoms with Crippen LogP contribution in [0.2, 0.25) is 0 Å². The molecule has 0 aromatic carbocycles. The van der Waals surface area contributed by atoms with Crippen molar-refractivity contribution in [2.75, 3.05) is 0 Å². The summed E-state index contributed by atoms with van der Waals surface area (Å²) >= 11 is 8.38. The van der Waals surface area contributed by atoms with Gasteiger partial charge in [0.15, 0.2) is 5.38 Å². The first-order valence-corrected chi connectivity index (χ1v) is 6.49. The van der Waals surface area contributed by atoms with E-state index in [0.717, 1.165) is 0 Å². The summed E-state index contributed by atoms with van der Waals surface area (Å²) in [5, 5.41) is -8.98. The lowest BCUT2D eigenvalue weighted by Gasteiger charge is -2.41. The molecule has 0 N–H and O–H groups in total. The molecule has 27 heavy (non-hydrogen) atoms. The van der Waals surface area contributed by atoms with Gasteiger partial charge in [-0.15, -0.1) is 23.2 Å². The van der Waals surface area contributed by atoms with Crippen molar-refractivity contribution in [2.45, 2.75) is 52.7 Å². The van der Waals surface area contributed by atoms with E-state index in [-0.39, 0.29) is 0 Å². The Morgan fingerprint density at radius 1 is 0.407 bits per heavy atom. The highest BCUT2D eigenvalue weighted by atomic mass is 35.5. The second-order valence-corrected chi connectivity index (χ2v) is 5.70. The van der Waals surface area contributed by atoms with Crippen LogP contribution in [0.4, 0.5) is 70.2 Å². The first-order chi connectivity index (χ1) is 11.3. The summed E-state index contributed by atoms with van der Waals surface area (Å²) in [5.41, 5.74) is 0. The Kier molecular flexibility index (Phi) is 6.63. The van der Waals surface area contributed by atoms with Gasteiger partial charge in [-0.25, -0.2) is 0 Å². The maximum Gasteiger partial charge on any atom is 0.460 e. The molecular formula is C9H2Cl2F16. The summed E-state index contributed by atoms with van der Waals surface area (Å²) in [6, 6.07) is 0. The number of alkyl halides is 18. The lowest BCUT2D eigenvalue weighted by atomic mass is 9.91. The van der Waals surface area contributed by atoms with Crippen molar-refractivity contribution in [3.63, 3.8) is 0 Å². The highest BCUT2D eigenvalue weighted by Gasteiger charge is 2.91. The monoisotopic (exact) mass is 484 g/mol. The Hall–Kier alpha value is -0.540. The summed E-state index contributed by atoms with van der Waals surface area (Å²) in [4.78, 5) is 0. The zero-order valence-electron chi connectivity index (χ0n) is 11.5. The molecule has 0 aromatic heterocycles. The van der Waals surface area contributed by atoms with E-state index in [1.165, 1.54) is 0 Å². The molecule has 0 amide bonds. The fraction of sp³-hybridized carbons (Fsp3) is 1.00. The van der Waals surface area contributed by atoms with Gasteiger partial charge in [-0.1, -0.05) is 0 Å². The number of rotatable bonds is 6. The van der Waals surface area contributed by atoms with Gasteiger partial charge in [-0.2, -0.15) is 70.2 Å². The standard InChI is InChI=1S/C9H2Cl2F16/c10-1(2(11)4(14,15)16)3(12,13)5(17,18)6(19,20)7(21,22)8(23,24)9(25,26)27/h1-2H. The first-order valence-electron chi connectivity index (χ1n) is 5.62. The number of halogens is 18. The molecule has 2 atom stereocenters. The average molecular weight is 485 g/mol. The third-order valence-corrected chi connectivity index (χ3v) is 4.03. The van der Waals surface area contributed by atoms with Crippen LogP contribution in [0.5, 0.6) is 0 Å². The van der Waals surface area contributed by atoms with Crippen LogP contribution in [0.3, 0.4) is 0 Å². The minimum Gasteiger partial charge on any atom is -0.198 e. The molecule has 0 heterocycles. The lowest BCUT2D eigenvalue weighted by molar-refractivity contribution is -0.440. The van der Waals surface area contributed by atoms with Crippen LogP contribution in [0.1, 0.15) is 0 Å². The molecule has 18 heteroatoms. The van der Waals surface area contributed by atoms with Gasteiger partial charge in [0, 0.05) is 0 Å². The van der Waals surface area contributed by atoms with Crippen molar-refractivity contribution >= 4 is 23.2 Å². The van der Waals surface area contributed by atoms with Crippen LogP contribution < -0.4 is 0 Å². The molecule has 0 aromatic rings. The van der Waals surface area contributed by atoms with Crippen molar-refractivity contribution in [1.82, 2.24) is 0 Å². The smallest absolute Gasteiger partial charge is 0.198 e. The number of hydrogen-bond donors (Lipinski definition) is 0. The molecule has 0 saturated heterocycles. The fourth-order valence-electron chi connectivity index (χ4n) is 1.30. The third kappa shape index (κ3) is 3.83. The van der Waals surface area contributed by atoms with Gasteiger partial charge in [0.2, 0.25) is 0 Å². The molecule has 0 bridgehead atoms. The minimum atomic E-state index is -8.24. The van der Waals surface area contributed by atoms with Gasteiger partial charge in [0.05, 0.1) is 0 Å². The number of hydrogen-bond acceptors (Lipinski definition) is 0. The highest BCUT2D eigenvalue weighted by molar-refractivity contribution is 6.30.